The zero-order chi connectivity index (χ0) is 18.4. The summed E-state index contributed by atoms with van der Waals surface area (Å²) in [4.78, 5) is 21.0. The number of carbonyl (C=O) groups is 1. The lowest BCUT2D eigenvalue weighted by atomic mass is 10.1. The minimum atomic E-state index is 0.0940. The Kier molecular flexibility index (Phi) is 6.26. The van der Waals surface area contributed by atoms with E-state index in [4.69, 9.17) is 4.52 Å². The predicted molar refractivity (Wildman–Crippen MR) is 101 cm³/mol. The molecule has 0 atom stereocenters. The maximum atomic E-state index is 12.5. The van der Waals surface area contributed by atoms with Gasteiger partial charge in [-0.05, 0) is 30.9 Å². The zero-order valence-electron chi connectivity index (χ0n) is 15.8. The Morgan fingerprint density at radius 2 is 2.00 bits per heavy atom. The molecule has 0 saturated carbocycles. The van der Waals surface area contributed by atoms with Gasteiger partial charge in [0.1, 0.15) is 0 Å². The second kappa shape index (κ2) is 8.83. The molecule has 140 valence electrons. The summed E-state index contributed by atoms with van der Waals surface area (Å²) in [6.45, 7) is 4.91. The van der Waals surface area contributed by atoms with Crippen molar-refractivity contribution in [3.05, 3.63) is 41.5 Å². The number of amides is 1. The quantitative estimate of drug-likeness (QED) is 0.727. The van der Waals surface area contributed by atoms with Crippen LogP contribution in [0, 0.1) is 0 Å². The van der Waals surface area contributed by atoms with E-state index in [1.807, 2.05) is 13.1 Å². The van der Waals surface area contributed by atoms with Gasteiger partial charge in [-0.1, -0.05) is 30.3 Å². The number of hydrogen-bond donors (Lipinski definition) is 0. The first-order chi connectivity index (χ1) is 12.7. The molecule has 1 aromatic carbocycles. The standard InChI is InChI=1S/C20H28N4O2/c1-3-8-18-21-19(26-22-18)11-12-20(25)23(2)15-16-9-4-5-10-17(16)24-13-6-7-14-24/h4-5,9-10H,3,6-8,11-15H2,1-2H3. The fourth-order valence-electron chi connectivity index (χ4n) is 3.38. The van der Waals surface area contributed by atoms with Crippen LogP contribution in [0.4, 0.5) is 5.69 Å². The van der Waals surface area contributed by atoms with Gasteiger partial charge in [0, 0.05) is 51.6 Å². The molecule has 2 aromatic rings. The number of aryl methyl sites for hydroxylation is 2. The highest BCUT2D eigenvalue weighted by Gasteiger charge is 2.18. The van der Waals surface area contributed by atoms with Crippen LogP contribution in [0.5, 0.6) is 0 Å². The SMILES string of the molecule is CCCc1noc(CCC(=O)N(C)Cc2ccccc2N2CCCC2)n1. The third-order valence-electron chi connectivity index (χ3n) is 4.81. The van der Waals surface area contributed by atoms with E-state index in [1.54, 1.807) is 4.90 Å². The van der Waals surface area contributed by atoms with Crippen molar-refractivity contribution in [3.63, 3.8) is 0 Å². The van der Waals surface area contributed by atoms with E-state index in [9.17, 15) is 4.79 Å². The number of aromatic nitrogens is 2. The molecule has 1 aromatic heterocycles. The summed E-state index contributed by atoms with van der Waals surface area (Å²) in [5.41, 5.74) is 2.46. The number of nitrogens with zero attached hydrogens (tertiary/aromatic N) is 4. The molecule has 3 rings (SSSR count). The smallest absolute Gasteiger partial charge is 0.227 e. The number of hydrogen-bond acceptors (Lipinski definition) is 5. The first-order valence-corrected chi connectivity index (χ1v) is 9.55. The van der Waals surface area contributed by atoms with Crippen LogP contribution in [-0.4, -0.2) is 41.1 Å². The van der Waals surface area contributed by atoms with Crippen molar-refractivity contribution < 1.29 is 9.32 Å². The van der Waals surface area contributed by atoms with E-state index in [-0.39, 0.29) is 5.91 Å². The molecule has 0 spiro atoms. The van der Waals surface area contributed by atoms with Gasteiger partial charge in [0.25, 0.3) is 0 Å². The molecule has 1 fully saturated rings. The molecule has 1 amide bonds. The summed E-state index contributed by atoms with van der Waals surface area (Å²) in [6.07, 6.45) is 5.16. The van der Waals surface area contributed by atoms with Crippen molar-refractivity contribution in [3.8, 4) is 0 Å². The first kappa shape index (κ1) is 18.4. The monoisotopic (exact) mass is 356 g/mol. The third kappa shape index (κ3) is 4.62. The summed E-state index contributed by atoms with van der Waals surface area (Å²) in [5.74, 6) is 1.37. The summed E-state index contributed by atoms with van der Waals surface area (Å²) in [7, 11) is 1.86. The van der Waals surface area contributed by atoms with Crippen molar-refractivity contribution in [2.24, 2.45) is 0 Å². The van der Waals surface area contributed by atoms with Gasteiger partial charge in [-0.15, -0.1) is 0 Å². The molecular formula is C20H28N4O2. The predicted octanol–water partition coefficient (Wildman–Crippen LogP) is 3.21. The number of benzene rings is 1. The van der Waals surface area contributed by atoms with Crippen molar-refractivity contribution in [1.82, 2.24) is 15.0 Å². The fraction of sp³-hybridized carbons (Fsp3) is 0.550. The molecule has 0 radical (unpaired) electrons. The van der Waals surface area contributed by atoms with Crippen LogP contribution in [0.15, 0.2) is 28.8 Å². The van der Waals surface area contributed by atoms with E-state index >= 15 is 0 Å². The van der Waals surface area contributed by atoms with Crippen LogP contribution >= 0.6 is 0 Å². The minimum absolute atomic E-state index is 0.0940. The maximum Gasteiger partial charge on any atom is 0.227 e. The number of rotatable bonds is 8. The van der Waals surface area contributed by atoms with E-state index in [2.05, 4.69) is 40.2 Å². The van der Waals surface area contributed by atoms with Crippen molar-refractivity contribution >= 4 is 11.6 Å². The first-order valence-electron chi connectivity index (χ1n) is 9.55. The van der Waals surface area contributed by atoms with E-state index in [0.29, 0.717) is 25.3 Å². The Morgan fingerprint density at radius 3 is 2.77 bits per heavy atom. The van der Waals surface area contributed by atoms with Gasteiger partial charge in [-0.3, -0.25) is 4.79 Å². The zero-order valence-corrected chi connectivity index (χ0v) is 15.8. The van der Waals surface area contributed by atoms with Crippen LogP contribution in [0.3, 0.4) is 0 Å². The van der Waals surface area contributed by atoms with Crippen molar-refractivity contribution in [2.75, 3.05) is 25.0 Å². The van der Waals surface area contributed by atoms with Crippen molar-refractivity contribution in [1.29, 1.82) is 0 Å². The second-order valence-corrected chi connectivity index (χ2v) is 6.93. The molecule has 0 aliphatic carbocycles. The Balaban J connectivity index is 1.55. The summed E-state index contributed by atoms with van der Waals surface area (Å²) in [5, 5.41) is 3.94. The van der Waals surface area contributed by atoms with Gasteiger partial charge in [0.2, 0.25) is 11.8 Å². The lowest BCUT2D eigenvalue weighted by Crippen LogP contribution is -2.28. The summed E-state index contributed by atoms with van der Waals surface area (Å²) < 4.78 is 5.21. The fourth-order valence-corrected chi connectivity index (χ4v) is 3.38. The van der Waals surface area contributed by atoms with Crippen molar-refractivity contribution in [2.45, 2.75) is 52.0 Å². The molecule has 1 saturated heterocycles. The second-order valence-electron chi connectivity index (χ2n) is 6.93. The Hall–Kier alpha value is -2.37. The minimum Gasteiger partial charge on any atom is -0.371 e. The number of carbonyl (C=O) groups excluding carboxylic acids is 1. The summed E-state index contributed by atoms with van der Waals surface area (Å²) >= 11 is 0. The lowest BCUT2D eigenvalue weighted by molar-refractivity contribution is -0.130. The molecule has 0 N–H and O–H groups in total. The normalized spacial score (nSPS) is 14.0. The average molecular weight is 356 g/mol. The van der Waals surface area contributed by atoms with Crippen LogP contribution in [0.25, 0.3) is 0 Å². The van der Waals surface area contributed by atoms with Gasteiger partial charge < -0.3 is 14.3 Å². The van der Waals surface area contributed by atoms with Gasteiger partial charge >= 0.3 is 0 Å². The molecule has 0 unspecified atom stereocenters. The number of para-hydroxylation sites is 1. The van der Waals surface area contributed by atoms with Gasteiger partial charge in [0.05, 0.1) is 0 Å². The van der Waals surface area contributed by atoms with Gasteiger partial charge in [-0.25, -0.2) is 0 Å². The molecule has 1 aliphatic rings. The molecular weight excluding hydrogens is 328 g/mol. The molecule has 0 bridgehead atoms. The molecule has 6 heteroatoms. The van der Waals surface area contributed by atoms with E-state index in [1.165, 1.54) is 24.1 Å². The maximum absolute atomic E-state index is 12.5. The highest BCUT2D eigenvalue weighted by molar-refractivity contribution is 5.76. The average Bonchev–Trinajstić information content (AvgIpc) is 3.32. The third-order valence-corrected chi connectivity index (χ3v) is 4.81. The Labute approximate surface area is 155 Å². The molecule has 2 heterocycles. The highest BCUT2D eigenvalue weighted by atomic mass is 16.5. The van der Waals surface area contributed by atoms with Gasteiger partial charge in [-0.2, -0.15) is 4.98 Å². The molecule has 1 aliphatic heterocycles. The topological polar surface area (TPSA) is 62.5 Å². The van der Waals surface area contributed by atoms with Crippen LogP contribution in [-0.2, 0) is 24.2 Å². The Bertz CT molecular complexity index is 722. The lowest BCUT2D eigenvalue weighted by Gasteiger charge is -2.24. The Morgan fingerprint density at radius 1 is 1.23 bits per heavy atom. The molecule has 6 nitrogen and oxygen atoms in total. The number of anilines is 1. The van der Waals surface area contributed by atoms with E-state index < -0.39 is 0 Å². The van der Waals surface area contributed by atoms with Crippen LogP contribution in [0.2, 0.25) is 0 Å². The molecule has 26 heavy (non-hydrogen) atoms. The van der Waals surface area contributed by atoms with Crippen LogP contribution in [0.1, 0.15) is 49.9 Å². The van der Waals surface area contributed by atoms with E-state index in [0.717, 1.165) is 31.8 Å². The summed E-state index contributed by atoms with van der Waals surface area (Å²) in [6, 6.07) is 8.39. The van der Waals surface area contributed by atoms with Crippen LogP contribution < -0.4 is 4.90 Å². The van der Waals surface area contributed by atoms with Gasteiger partial charge in [0.15, 0.2) is 5.82 Å². The largest absolute Gasteiger partial charge is 0.371 e. The highest BCUT2D eigenvalue weighted by Crippen LogP contribution is 2.25.